The van der Waals surface area contributed by atoms with Gasteiger partial charge in [0.25, 0.3) is 11.8 Å². The maximum atomic E-state index is 12.1. The van der Waals surface area contributed by atoms with Gasteiger partial charge in [0, 0.05) is 4.88 Å². The molecule has 8 heteroatoms. The fourth-order valence-electron chi connectivity index (χ4n) is 2.16. The Balaban J connectivity index is 1.46. The molecule has 1 atom stereocenters. The van der Waals surface area contributed by atoms with Gasteiger partial charge in [0.2, 0.25) is 6.10 Å². The second kappa shape index (κ2) is 7.80. The molecule has 0 bridgehead atoms. The predicted octanol–water partition coefficient (Wildman–Crippen LogP) is 1.54. The summed E-state index contributed by atoms with van der Waals surface area (Å²) in [6.45, 7) is 1.71. The first-order chi connectivity index (χ1) is 12.1. The molecule has 0 fully saturated rings. The van der Waals surface area contributed by atoms with Crippen LogP contribution >= 0.6 is 11.3 Å². The summed E-state index contributed by atoms with van der Waals surface area (Å²) in [5.74, 6) is 0.280. The van der Waals surface area contributed by atoms with E-state index >= 15 is 0 Å². The van der Waals surface area contributed by atoms with Crippen LogP contribution in [0.15, 0.2) is 46.9 Å². The monoisotopic (exact) mass is 359 g/mol. The van der Waals surface area contributed by atoms with Gasteiger partial charge in [-0.1, -0.05) is 18.2 Å². The Bertz CT molecular complexity index is 789. The number of nitrogens with zero attached hydrogens (tertiary/aromatic N) is 1. The first kappa shape index (κ1) is 17.0. The third-order valence-corrected chi connectivity index (χ3v) is 4.43. The number of fused-ring (bicyclic) bond motifs is 1. The number of carbonyl (C=O) groups excluding carboxylic acids is 2. The minimum absolute atomic E-state index is 0.0973. The molecule has 0 unspecified atom stereocenters. The molecule has 0 radical (unpaired) electrons. The Morgan fingerprint density at radius 3 is 2.80 bits per heavy atom. The molecule has 1 aliphatic rings. The van der Waals surface area contributed by atoms with Gasteiger partial charge >= 0.3 is 0 Å². The molecule has 2 amide bonds. The van der Waals surface area contributed by atoms with Gasteiger partial charge in [0.05, 0.1) is 12.3 Å². The van der Waals surface area contributed by atoms with E-state index in [4.69, 9.17) is 9.47 Å². The quantitative estimate of drug-likeness (QED) is 0.626. The Morgan fingerprint density at radius 1 is 1.24 bits per heavy atom. The lowest BCUT2D eigenvalue weighted by Crippen LogP contribution is -2.46. The van der Waals surface area contributed by atoms with Crippen LogP contribution in [0.3, 0.4) is 0 Å². The average Bonchev–Trinajstić information content (AvgIpc) is 3.18. The van der Waals surface area contributed by atoms with E-state index in [2.05, 4.69) is 15.8 Å². The lowest BCUT2D eigenvalue weighted by Gasteiger charge is -2.25. The number of hydrogen-bond donors (Lipinski definition) is 2. The van der Waals surface area contributed by atoms with Crippen molar-refractivity contribution >= 4 is 28.9 Å². The van der Waals surface area contributed by atoms with Gasteiger partial charge in [-0.25, -0.2) is 5.43 Å². The summed E-state index contributed by atoms with van der Waals surface area (Å²) in [6.07, 6.45) is -0.793. The highest BCUT2D eigenvalue weighted by Gasteiger charge is 2.27. The van der Waals surface area contributed by atoms with Crippen molar-refractivity contribution in [1.29, 1.82) is 0 Å². The van der Waals surface area contributed by atoms with E-state index in [9.17, 15) is 9.59 Å². The van der Waals surface area contributed by atoms with Gasteiger partial charge in [0.15, 0.2) is 11.5 Å². The van der Waals surface area contributed by atoms with E-state index in [-0.39, 0.29) is 13.2 Å². The van der Waals surface area contributed by atoms with E-state index in [0.717, 1.165) is 4.88 Å². The van der Waals surface area contributed by atoms with Crippen LogP contribution in [-0.2, 0) is 9.59 Å². The Morgan fingerprint density at radius 2 is 2.04 bits per heavy atom. The molecule has 7 nitrogen and oxygen atoms in total. The van der Waals surface area contributed by atoms with E-state index < -0.39 is 17.9 Å². The highest BCUT2D eigenvalue weighted by atomic mass is 32.1. The number of carbonyl (C=O) groups is 2. The summed E-state index contributed by atoms with van der Waals surface area (Å²) in [4.78, 5) is 24.9. The van der Waals surface area contributed by atoms with Crippen LogP contribution in [-0.4, -0.2) is 36.8 Å². The lowest BCUT2D eigenvalue weighted by atomic mass is 10.2. The van der Waals surface area contributed by atoms with Crippen LogP contribution in [0.4, 0.5) is 0 Å². The van der Waals surface area contributed by atoms with Gasteiger partial charge in [-0.2, -0.15) is 5.10 Å². The molecule has 0 spiro atoms. The van der Waals surface area contributed by atoms with Gasteiger partial charge in [0.1, 0.15) is 6.61 Å². The van der Waals surface area contributed by atoms with E-state index in [1.54, 1.807) is 25.1 Å². The molecule has 0 saturated carbocycles. The number of benzene rings is 1. The number of ether oxygens (including phenoxy) is 2. The molecule has 2 heterocycles. The van der Waals surface area contributed by atoms with E-state index in [1.807, 2.05) is 23.6 Å². The van der Waals surface area contributed by atoms with Crippen LogP contribution < -0.4 is 20.2 Å². The van der Waals surface area contributed by atoms with Crippen LogP contribution in [0.1, 0.15) is 11.8 Å². The third kappa shape index (κ3) is 4.36. The predicted molar refractivity (Wildman–Crippen MR) is 94.0 cm³/mol. The molecule has 0 saturated heterocycles. The molecule has 0 aliphatic carbocycles. The summed E-state index contributed by atoms with van der Waals surface area (Å²) in [6, 6.07) is 10.9. The Labute approximate surface area is 148 Å². The van der Waals surface area contributed by atoms with Crippen LogP contribution in [0.2, 0.25) is 0 Å². The number of thiophene rings is 1. The normalized spacial score (nSPS) is 16.2. The summed E-state index contributed by atoms with van der Waals surface area (Å²) < 4.78 is 11.1. The number of nitrogens with one attached hydrogen (secondary N) is 2. The van der Waals surface area contributed by atoms with Crippen LogP contribution in [0, 0.1) is 0 Å². The van der Waals surface area contributed by atoms with Crippen LogP contribution in [0.5, 0.6) is 11.5 Å². The summed E-state index contributed by atoms with van der Waals surface area (Å²) in [5, 5.41) is 8.46. The zero-order chi connectivity index (χ0) is 17.6. The van der Waals surface area contributed by atoms with E-state index in [0.29, 0.717) is 17.2 Å². The Hall–Kier alpha value is -2.87. The van der Waals surface area contributed by atoms with Crippen molar-refractivity contribution < 1.29 is 19.1 Å². The smallest absolute Gasteiger partial charge is 0.265 e. The van der Waals surface area contributed by atoms with Crippen molar-refractivity contribution in [2.75, 3.05) is 13.2 Å². The van der Waals surface area contributed by atoms with Crippen molar-refractivity contribution in [3.05, 3.63) is 46.7 Å². The summed E-state index contributed by atoms with van der Waals surface area (Å²) >= 11 is 1.53. The topological polar surface area (TPSA) is 89.0 Å². The molecule has 1 aromatic heterocycles. The van der Waals surface area contributed by atoms with Gasteiger partial charge in [-0.3, -0.25) is 9.59 Å². The zero-order valence-corrected chi connectivity index (χ0v) is 14.3. The van der Waals surface area contributed by atoms with Crippen LogP contribution in [0.25, 0.3) is 0 Å². The standard InChI is InChI=1S/C17H17N3O4S/c1-11(15-7-4-8-25-15)19-20-16(21)9-18-17(22)14-10-23-12-5-2-3-6-13(12)24-14/h2-8,14H,9-10H2,1H3,(H,18,22)(H,20,21)/b19-11-/t14-/m1/s1. The van der Waals surface area contributed by atoms with Gasteiger partial charge < -0.3 is 14.8 Å². The number of hydrogen-bond acceptors (Lipinski definition) is 6. The molecule has 1 aromatic carbocycles. The third-order valence-electron chi connectivity index (χ3n) is 3.45. The minimum Gasteiger partial charge on any atom is -0.485 e. The van der Waals surface area contributed by atoms with Gasteiger partial charge in [-0.15, -0.1) is 11.3 Å². The van der Waals surface area contributed by atoms with Gasteiger partial charge in [-0.05, 0) is 30.5 Å². The number of amides is 2. The SMILES string of the molecule is C/C(=N/NC(=O)CNC(=O)[C@H]1COc2ccccc2O1)c1cccs1. The van der Waals surface area contributed by atoms with Crippen molar-refractivity contribution in [3.8, 4) is 11.5 Å². The fourth-order valence-corrected chi connectivity index (χ4v) is 2.83. The average molecular weight is 359 g/mol. The number of hydrazone groups is 1. The van der Waals surface area contributed by atoms with Crippen molar-refractivity contribution in [2.45, 2.75) is 13.0 Å². The Kier molecular flexibility index (Phi) is 5.30. The van der Waals surface area contributed by atoms with Crippen molar-refractivity contribution in [1.82, 2.24) is 10.7 Å². The molecule has 130 valence electrons. The number of rotatable bonds is 5. The summed E-state index contributed by atoms with van der Waals surface area (Å²) in [7, 11) is 0. The molecule has 2 aromatic rings. The first-order valence-electron chi connectivity index (χ1n) is 7.66. The fraction of sp³-hybridized carbons (Fsp3) is 0.235. The molecular formula is C17H17N3O4S. The maximum Gasteiger partial charge on any atom is 0.265 e. The zero-order valence-electron chi connectivity index (χ0n) is 13.5. The molecule has 25 heavy (non-hydrogen) atoms. The van der Waals surface area contributed by atoms with E-state index in [1.165, 1.54) is 11.3 Å². The molecule has 2 N–H and O–H groups in total. The molecule has 1 aliphatic heterocycles. The second-order valence-electron chi connectivity index (χ2n) is 5.29. The molecular weight excluding hydrogens is 342 g/mol. The first-order valence-corrected chi connectivity index (χ1v) is 8.54. The van der Waals surface area contributed by atoms with Crippen molar-refractivity contribution in [2.24, 2.45) is 5.10 Å². The lowest BCUT2D eigenvalue weighted by molar-refractivity contribution is -0.132. The minimum atomic E-state index is -0.793. The summed E-state index contributed by atoms with van der Waals surface area (Å²) in [5.41, 5.74) is 3.12. The second-order valence-corrected chi connectivity index (χ2v) is 6.24. The highest BCUT2D eigenvalue weighted by molar-refractivity contribution is 7.12. The maximum absolute atomic E-state index is 12.1. The largest absolute Gasteiger partial charge is 0.485 e. The molecule has 3 rings (SSSR count). The number of para-hydroxylation sites is 2. The van der Waals surface area contributed by atoms with Crippen molar-refractivity contribution in [3.63, 3.8) is 0 Å². The highest BCUT2D eigenvalue weighted by Crippen LogP contribution is 2.30.